The molecular formula is C23H28N4O6. The molecule has 0 saturated carbocycles. The first-order valence-electron chi connectivity index (χ1n) is 10.3. The van der Waals surface area contributed by atoms with Gasteiger partial charge in [0.25, 0.3) is 0 Å². The predicted molar refractivity (Wildman–Crippen MR) is 122 cm³/mol. The van der Waals surface area contributed by atoms with Gasteiger partial charge in [-0.25, -0.2) is 4.90 Å². The van der Waals surface area contributed by atoms with Gasteiger partial charge in [0.1, 0.15) is 11.5 Å². The fourth-order valence-electron chi connectivity index (χ4n) is 2.99. The highest BCUT2D eigenvalue weighted by Gasteiger charge is 2.22. The van der Waals surface area contributed by atoms with Crippen molar-refractivity contribution in [3.8, 4) is 11.5 Å². The summed E-state index contributed by atoms with van der Waals surface area (Å²) in [5.41, 5.74) is 6.55. The van der Waals surface area contributed by atoms with Gasteiger partial charge in [-0.1, -0.05) is 10.3 Å². The fraction of sp³-hybridized carbons (Fsp3) is 0.304. The number of benzene rings is 2. The average Bonchev–Trinajstić information content (AvgIpc) is 2.81. The molecule has 0 spiro atoms. The van der Waals surface area contributed by atoms with Crippen molar-refractivity contribution in [1.29, 1.82) is 0 Å². The van der Waals surface area contributed by atoms with E-state index in [0.29, 0.717) is 35.8 Å². The molecule has 2 aromatic carbocycles. The molecule has 10 nitrogen and oxygen atoms in total. The van der Waals surface area contributed by atoms with Gasteiger partial charge >= 0.3 is 0 Å². The number of unbranched alkanes of at least 4 members (excludes halogenated alkanes) is 2. The molecule has 0 atom stereocenters. The molecule has 0 aliphatic rings. The quantitative estimate of drug-likeness (QED) is 0.164. The zero-order chi connectivity index (χ0) is 24.2. The van der Waals surface area contributed by atoms with E-state index in [2.05, 4.69) is 10.3 Å². The minimum Gasteiger partial charge on any atom is -0.494 e. The van der Waals surface area contributed by atoms with Crippen molar-refractivity contribution in [1.82, 2.24) is 4.90 Å². The highest BCUT2D eigenvalue weighted by Crippen LogP contribution is 2.16. The molecule has 2 aromatic rings. The highest BCUT2D eigenvalue weighted by atomic mass is 16.5. The first kappa shape index (κ1) is 25.2. The SMILES string of the molecule is CC(=O)N(C(C)=O)C(=NO)c1ccc(OCCCCCOc2ccc(C(N)=NO)cc2)cc1. The van der Waals surface area contributed by atoms with E-state index in [-0.39, 0.29) is 11.7 Å². The topological polar surface area (TPSA) is 147 Å². The van der Waals surface area contributed by atoms with Crippen molar-refractivity contribution in [3.63, 3.8) is 0 Å². The van der Waals surface area contributed by atoms with Crippen LogP contribution in [0.4, 0.5) is 0 Å². The molecule has 0 unspecified atom stereocenters. The maximum absolute atomic E-state index is 11.7. The zero-order valence-electron chi connectivity index (χ0n) is 18.6. The Morgan fingerprint density at radius 1 is 0.788 bits per heavy atom. The third-order valence-corrected chi connectivity index (χ3v) is 4.63. The van der Waals surface area contributed by atoms with Gasteiger partial charge in [0, 0.05) is 25.0 Å². The normalized spacial score (nSPS) is 11.7. The Bertz CT molecular complexity index is 973. The van der Waals surface area contributed by atoms with E-state index in [9.17, 15) is 14.8 Å². The van der Waals surface area contributed by atoms with Gasteiger partial charge in [-0.15, -0.1) is 0 Å². The highest BCUT2D eigenvalue weighted by molar-refractivity contribution is 6.17. The van der Waals surface area contributed by atoms with Crippen molar-refractivity contribution in [2.45, 2.75) is 33.1 Å². The molecule has 0 aliphatic heterocycles. The van der Waals surface area contributed by atoms with Gasteiger partial charge in [0.15, 0.2) is 11.7 Å². The summed E-state index contributed by atoms with van der Waals surface area (Å²) in [6.45, 7) is 3.51. The number of oxime groups is 2. The second kappa shape index (κ2) is 12.7. The lowest BCUT2D eigenvalue weighted by Gasteiger charge is -2.18. The van der Waals surface area contributed by atoms with Crippen molar-refractivity contribution in [3.05, 3.63) is 59.7 Å². The third-order valence-electron chi connectivity index (χ3n) is 4.63. The van der Waals surface area contributed by atoms with Crippen LogP contribution in [0, 0.1) is 0 Å². The Labute approximate surface area is 191 Å². The first-order valence-corrected chi connectivity index (χ1v) is 10.3. The van der Waals surface area contributed by atoms with E-state index in [1.165, 1.54) is 13.8 Å². The fourth-order valence-corrected chi connectivity index (χ4v) is 2.99. The molecule has 4 N–H and O–H groups in total. The van der Waals surface area contributed by atoms with Gasteiger partial charge in [0.2, 0.25) is 11.8 Å². The van der Waals surface area contributed by atoms with Crippen LogP contribution >= 0.6 is 0 Å². The van der Waals surface area contributed by atoms with Crippen molar-refractivity contribution in [2.24, 2.45) is 16.0 Å². The number of nitrogens with two attached hydrogens (primary N) is 1. The molecule has 0 fully saturated rings. The van der Waals surface area contributed by atoms with Crippen LogP contribution in [-0.2, 0) is 9.59 Å². The van der Waals surface area contributed by atoms with E-state index in [1.54, 1.807) is 48.5 Å². The van der Waals surface area contributed by atoms with E-state index >= 15 is 0 Å². The Kier molecular flexibility index (Phi) is 9.69. The molecule has 0 saturated heterocycles. The van der Waals surface area contributed by atoms with Gasteiger partial charge < -0.3 is 25.6 Å². The average molecular weight is 456 g/mol. The number of imide groups is 1. The number of hydrogen-bond acceptors (Lipinski definition) is 8. The van der Waals surface area contributed by atoms with Crippen LogP contribution in [0.1, 0.15) is 44.2 Å². The number of ether oxygens (including phenoxy) is 2. The second-order valence-electron chi connectivity index (χ2n) is 7.09. The maximum atomic E-state index is 11.7. The van der Waals surface area contributed by atoms with Gasteiger partial charge in [-0.05, 0) is 67.8 Å². The Balaban J connectivity index is 1.71. The minimum absolute atomic E-state index is 0.0484. The zero-order valence-corrected chi connectivity index (χ0v) is 18.6. The number of carbonyl (C=O) groups is 2. The molecule has 0 bridgehead atoms. The number of amidine groups is 2. The second-order valence-corrected chi connectivity index (χ2v) is 7.09. The summed E-state index contributed by atoms with van der Waals surface area (Å²) in [7, 11) is 0. The lowest BCUT2D eigenvalue weighted by Crippen LogP contribution is -2.39. The third kappa shape index (κ3) is 7.53. The molecule has 0 aromatic heterocycles. The number of amides is 2. The van der Waals surface area contributed by atoms with Crippen molar-refractivity contribution in [2.75, 3.05) is 13.2 Å². The van der Waals surface area contributed by atoms with Crippen LogP contribution in [0.25, 0.3) is 0 Å². The summed E-state index contributed by atoms with van der Waals surface area (Å²) in [5, 5.41) is 24.0. The molecule has 33 heavy (non-hydrogen) atoms. The summed E-state index contributed by atoms with van der Waals surface area (Å²) in [6.07, 6.45) is 2.60. The number of hydrogen-bond donors (Lipinski definition) is 3. The van der Waals surface area contributed by atoms with Gasteiger partial charge in [-0.2, -0.15) is 0 Å². The van der Waals surface area contributed by atoms with Crippen LogP contribution in [0.15, 0.2) is 58.8 Å². The lowest BCUT2D eigenvalue weighted by molar-refractivity contribution is -0.137. The molecular weight excluding hydrogens is 428 g/mol. The molecule has 0 heterocycles. The largest absolute Gasteiger partial charge is 0.494 e. The van der Waals surface area contributed by atoms with E-state index in [1.807, 2.05) is 0 Å². The van der Waals surface area contributed by atoms with E-state index in [0.717, 1.165) is 24.2 Å². The molecule has 176 valence electrons. The molecule has 2 rings (SSSR count). The Hall–Kier alpha value is -4.08. The Morgan fingerprint density at radius 2 is 1.24 bits per heavy atom. The van der Waals surface area contributed by atoms with Crippen molar-refractivity contribution < 1.29 is 29.5 Å². The summed E-state index contributed by atoms with van der Waals surface area (Å²) in [5.74, 6) is 0.151. The molecule has 0 radical (unpaired) electrons. The molecule has 2 amide bonds. The van der Waals surface area contributed by atoms with Crippen LogP contribution in [0.5, 0.6) is 11.5 Å². The number of nitrogens with zero attached hydrogens (tertiary/aromatic N) is 3. The van der Waals surface area contributed by atoms with E-state index < -0.39 is 11.8 Å². The summed E-state index contributed by atoms with van der Waals surface area (Å²) in [4.78, 5) is 24.1. The van der Waals surface area contributed by atoms with Gasteiger partial charge in [-0.3, -0.25) is 9.59 Å². The maximum Gasteiger partial charge on any atom is 0.231 e. The smallest absolute Gasteiger partial charge is 0.231 e. The first-order chi connectivity index (χ1) is 15.9. The van der Waals surface area contributed by atoms with Crippen LogP contribution in [0.3, 0.4) is 0 Å². The van der Waals surface area contributed by atoms with Crippen LogP contribution < -0.4 is 15.2 Å². The van der Waals surface area contributed by atoms with Crippen LogP contribution in [-0.4, -0.2) is 52.0 Å². The molecule has 0 aliphatic carbocycles. The van der Waals surface area contributed by atoms with Gasteiger partial charge in [0.05, 0.1) is 13.2 Å². The summed E-state index contributed by atoms with van der Waals surface area (Å²) < 4.78 is 11.4. The van der Waals surface area contributed by atoms with Crippen molar-refractivity contribution >= 4 is 23.5 Å². The minimum atomic E-state index is -0.544. The summed E-state index contributed by atoms with van der Waals surface area (Å²) >= 11 is 0. The predicted octanol–water partition coefficient (Wildman–Crippen LogP) is 2.94. The number of carbonyl (C=O) groups excluding carboxylic acids is 2. The van der Waals surface area contributed by atoms with E-state index in [4.69, 9.17) is 20.4 Å². The Morgan fingerprint density at radius 3 is 1.64 bits per heavy atom. The number of rotatable bonds is 10. The molecule has 10 heteroatoms. The van der Waals surface area contributed by atoms with Crippen LogP contribution in [0.2, 0.25) is 0 Å². The lowest BCUT2D eigenvalue weighted by atomic mass is 10.1. The standard InChI is InChI=1S/C23H28N4O6/c1-16(28)27(17(2)29)23(26-31)19-8-12-21(13-9-19)33-15-5-3-4-14-32-20-10-6-18(7-11-20)22(24)25-30/h6-13,30-31H,3-5,14-15H2,1-2H3,(H2,24,25). The summed E-state index contributed by atoms with van der Waals surface area (Å²) in [6, 6.07) is 13.6. The monoisotopic (exact) mass is 456 g/mol.